The highest BCUT2D eigenvalue weighted by atomic mass is 19.4. The van der Waals surface area contributed by atoms with Crippen LogP contribution in [0.5, 0.6) is 0 Å². The zero-order chi connectivity index (χ0) is 15.6. The number of amides is 1. The summed E-state index contributed by atoms with van der Waals surface area (Å²) < 4.78 is 37.3. The molecule has 0 fully saturated rings. The van der Waals surface area contributed by atoms with Gasteiger partial charge in [-0.25, -0.2) is 14.5 Å². The van der Waals surface area contributed by atoms with E-state index in [0.29, 0.717) is 5.69 Å². The van der Waals surface area contributed by atoms with Gasteiger partial charge in [0.25, 0.3) is 5.82 Å². The summed E-state index contributed by atoms with van der Waals surface area (Å²) in [6, 6.07) is 5.15. The fourth-order valence-corrected chi connectivity index (χ4v) is 1.38. The average molecular weight is 300 g/mol. The van der Waals surface area contributed by atoms with Crippen molar-refractivity contribution < 1.29 is 27.9 Å². The molecule has 0 radical (unpaired) electrons. The van der Waals surface area contributed by atoms with Gasteiger partial charge in [-0.3, -0.25) is 4.79 Å². The molecule has 1 amide bonds. The number of carboxylic acids is 1. The van der Waals surface area contributed by atoms with Gasteiger partial charge in [0.2, 0.25) is 0 Å². The van der Waals surface area contributed by atoms with Gasteiger partial charge in [-0.2, -0.15) is 13.2 Å². The van der Waals surface area contributed by atoms with Gasteiger partial charge in [-0.15, -0.1) is 5.10 Å². The fraction of sp³-hybridized carbons (Fsp3) is 0.0909. The first-order chi connectivity index (χ1) is 9.77. The van der Waals surface area contributed by atoms with Gasteiger partial charge in [0.05, 0.1) is 5.69 Å². The highest BCUT2D eigenvalue weighted by Gasteiger charge is 2.38. The summed E-state index contributed by atoms with van der Waals surface area (Å²) in [5, 5.41) is 14.0. The molecule has 0 bridgehead atoms. The van der Waals surface area contributed by atoms with Crippen LogP contribution in [0, 0.1) is 0 Å². The molecule has 1 aromatic heterocycles. The summed E-state index contributed by atoms with van der Waals surface area (Å²) in [6.45, 7) is 0. The number of nitrogens with one attached hydrogen (secondary N) is 1. The number of hydrogen-bond acceptors (Lipinski definition) is 4. The van der Waals surface area contributed by atoms with Gasteiger partial charge >= 0.3 is 18.1 Å². The van der Waals surface area contributed by atoms with E-state index in [2.05, 4.69) is 10.1 Å². The number of anilines is 1. The molecule has 0 aliphatic rings. The lowest BCUT2D eigenvalue weighted by Gasteiger charge is -2.08. The van der Waals surface area contributed by atoms with Crippen LogP contribution in [-0.4, -0.2) is 37.9 Å². The van der Waals surface area contributed by atoms with Crippen molar-refractivity contribution in [2.45, 2.75) is 6.18 Å². The van der Waals surface area contributed by atoms with Gasteiger partial charge in [0.1, 0.15) is 6.33 Å². The molecule has 0 saturated carbocycles. The number of halogens is 3. The average Bonchev–Trinajstić information content (AvgIpc) is 2.88. The molecule has 0 aliphatic heterocycles. The third-order valence-electron chi connectivity index (χ3n) is 2.33. The molecule has 1 heterocycles. The Kier molecular flexibility index (Phi) is 3.61. The van der Waals surface area contributed by atoms with Crippen molar-refractivity contribution in [1.29, 1.82) is 0 Å². The molecule has 2 aromatic rings. The van der Waals surface area contributed by atoms with E-state index in [4.69, 9.17) is 5.11 Å². The maximum absolute atomic E-state index is 12.1. The zero-order valence-corrected chi connectivity index (χ0v) is 10.1. The normalized spacial score (nSPS) is 11.2. The number of carbonyl (C=O) groups excluding carboxylic acids is 1. The van der Waals surface area contributed by atoms with Gasteiger partial charge in [-0.1, -0.05) is 0 Å². The molecule has 7 nitrogen and oxygen atoms in total. The fourth-order valence-electron chi connectivity index (χ4n) is 1.38. The molecule has 2 N–H and O–H groups in total. The molecular weight excluding hydrogens is 293 g/mol. The first-order valence-electron chi connectivity index (χ1n) is 5.41. The van der Waals surface area contributed by atoms with Gasteiger partial charge < -0.3 is 10.4 Å². The number of hydrogen-bond donors (Lipinski definition) is 2. The summed E-state index contributed by atoms with van der Waals surface area (Å²) >= 11 is 0. The molecular formula is C11H7F3N4O3. The first kappa shape index (κ1) is 14.5. The molecule has 0 spiro atoms. The van der Waals surface area contributed by atoms with Crippen LogP contribution in [0.15, 0.2) is 30.6 Å². The quantitative estimate of drug-likeness (QED) is 0.894. The highest BCUT2D eigenvalue weighted by Crippen LogP contribution is 2.19. The van der Waals surface area contributed by atoms with Crippen LogP contribution in [-0.2, 0) is 4.79 Å². The van der Waals surface area contributed by atoms with Crippen molar-refractivity contribution in [2.24, 2.45) is 0 Å². The second kappa shape index (κ2) is 5.23. The Morgan fingerprint density at radius 2 is 1.81 bits per heavy atom. The van der Waals surface area contributed by atoms with E-state index in [1.807, 2.05) is 0 Å². The van der Waals surface area contributed by atoms with E-state index in [1.54, 1.807) is 5.32 Å². The van der Waals surface area contributed by atoms with E-state index in [9.17, 15) is 22.8 Å². The third kappa shape index (κ3) is 3.35. The number of aromatic nitrogens is 3. The lowest BCUT2D eigenvalue weighted by atomic mass is 10.3. The lowest BCUT2D eigenvalue weighted by molar-refractivity contribution is -0.167. The van der Waals surface area contributed by atoms with Crippen molar-refractivity contribution in [1.82, 2.24) is 14.8 Å². The number of benzene rings is 1. The Morgan fingerprint density at radius 1 is 1.19 bits per heavy atom. The molecule has 110 valence electrons. The summed E-state index contributed by atoms with van der Waals surface area (Å²) in [5.41, 5.74) is 0.319. The number of carbonyl (C=O) groups is 2. The maximum Gasteiger partial charge on any atom is 0.471 e. The predicted molar refractivity (Wildman–Crippen MR) is 63.0 cm³/mol. The molecule has 0 unspecified atom stereocenters. The Balaban J connectivity index is 2.15. The van der Waals surface area contributed by atoms with Crippen LogP contribution in [0.3, 0.4) is 0 Å². The second-order valence-electron chi connectivity index (χ2n) is 3.82. The molecule has 0 saturated heterocycles. The summed E-state index contributed by atoms with van der Waals surface area (Å²) in [5.74, 6) is -3.79. The molecule has 0 atom stereocenters. The minimum atomic E-state index is -4.97. The van der Waals surface area contributed by atoms with E-state index in [-0.39, 0.29) is 5.69 Å². The van der Waals surface area contributed by atoms with E-state index >= 15 is 0 Å². The van der Waals surface area contributed by atoms with Crippen LogP contribution < -0.4 is 5.32 Å². The monoisotopic (exact) mass is 300 g/mol. The van der Waals surface area contributed by atoms with Gasteiger partial charge in [0, 0.05) is 5.69 Å². The molecule has 2 rings (SSSR count). The van der Waals surface area contributed by atoms with Crippen LogP contribution in [0.1, 0.15) is 10.6 Å². The number of nitrogens with zero attached hydrogens (tertiary/aromatic N) is 3. The minimum absolute atomic E-state index is 0.0559. The zero-order valence-electron chi connectivity index (χ0n) is 10.1. The van der Waals surface area contributed by atoms with E-state index in [1.165, 1.54) is 24.3 Å². The minimum Gasteiger partial charge on any atom is -0.475 e. The van der Waals surface area contributed by atoms with Crippen LogP contribution in [0.25, 0.3) is 5.69 Å². The van der Waals surface area contributed by atoms with Crippen molar-refractivity contribution in [3.8, 4) is 5.69 Å². The third-order valence-corrected chi connectivity index (χ3v) is 2.33. The predicted octanol–water partition coefficient (Wildman–Crippen LogP) is 1.47. The number of rotatable bonds is 3. The smallest absolute Gasteiger partial charge is 0.471 e. The second-order valence-corrected chi connectivity index (χ2v) is 3.82. The number of aromatic carboxylic acids is 1. The van der Waals surface area contributed by atoms with Crippen molar-refractivity contribution >= 4 is 17.6 Å². The SMILES string of the molecule is O=C(O)c1ncn(-c2ccc(NC(=O)C(F)(F)F)cc2)n1. The number of carboxylic acid groups (broad SMARTS) is 1. The molecule has 10 heteroatoms. The van der Waals surface area contributed by atoms with Crippen LogP contribution in [0.2, 0.25) is 0 Å². The van der Waals surface area contributed by atoms with Crippen molar-refractivity contribution in [3.05, 3.63) is 36.4 Å². The van der Waals surface area contributed by atoms with Gasteiger partial charge in [-0.05, 0) is 24.3 Å². The highest BCUT2D eigenvalue weighted by molar-refractivity contribution is 5.94. The molecule has 1 aromatic carbocycles. The summed E-state index contributed by atoms with van der Waals surface area (Å²) in [4.78, 5) is 24.9. The standard InChI is InChI=1S/C11H7F3N4O3/c12-11(13,14)10(21)16-6-1-3-7(4-2-6)18-5-15-8(17-18)9(19)20/h1-5H,(H,16,21)(H,19,20). The molecule has 0 aliphatic carbocycles. The van der Waals surface area contributed by atoms with Gasteiger partial charge in [0.15, 0.2) is 0 Å². The van der Waals surface area contributed by atoms with Crippen LogP contribution >= 0.6 is 0 Å². The Bertz CT molecular complexity index is 679. The largest absolute Gasteiger partial charge is 0.475 e. The van der Waals surface area contributed by atoms with E-state index < -0.39 is 23.9 Å². The van der Waals surface area contributed by atoms with Crippen molar-refractivity contribution in [3.63, 3.8) is 0 Å². The molecule has 21 heavy (non-hydrogen) atoms. The Morgan fingerprint density at radius 3 is 2.29 bits per heavy atom. The first-order valence-corrected chi connectivity index (χ1v) is 5.41. The summed E-state index contributed by atoms with van der Waals surface area (Å²) in [7, 11) is 0. The Labute approximate surface area is 115 Å². The number of alkyl halides is 3. The topological polar surface area (TPSA) is 97.1 Å². The summed E-state index contributed by atoms with van der Waals surface area (Å²) in [6.07, 6.45) is -3.83. The van der Waals surface area contributed by atoms with Crippen LogP contribution in [0.4, 0.5) is 18.9 Å². The van der Waals surface area contributed by atoms with E-state index in [0.717, 1.165) is 11.0 Å². The Hall–Kier alpha value is -2.91. The lowest BCUT2D eigenvalue weighted by Crippen LogP contribution is -2.29. The van der Waals surface area contributed by atoms with Crippen molar-refractivity contribution in [2.75, 3.05) is 5.32 Å². The maximum atomic E-state index is 12.1.